The number of nitrogens with zero attached hydrogens (tertiary/aromatic N) is 5. The average molecular weight is 636 g/mol. The van der Waals surface area contributed by atoms with E-state index in [9.17, 15) is 15.8 Å². The highest BCUT2D eigenvalue weighted by Gasteiger charge is 2.21. The van der Waals surface area contributed by atoms with Gasteiger partial charge < -0.3 is 9.13 Å². The minimum atomic E-state index is 0.483. The van der Waals surface area contributed by atoms with Gasteiger partial charge in [0.2, 0.25) is 0 Å². The van der Waals surface area contributed by atoms with Gasteiger partial charge in [-0.15, -0.1) is 0 Å². The molecule has 0 radical (unpaired) electrons. The van der Waals surface area contributed by atoms with Crippen LogP contribution in [0.4, 0.5) is 0 Å². The summed E-state index contributed by atoms with van der Waals surface area (Å²) in [7, 11) is 0. The molecule has 230 valence electrons. The zero-order valence-electron chi connectivity index (χ0n) is 26.7. The maximum atomic E-state index is 10.5. The quantitative estimate of drug-likeness (QED) is 0.193. The molecule has 0 N–H and O–H groups in total. The van der Waals surface area contributed by atoms with Crippen molar-refractivity contribution in [3.63, 3.8) is 0 Å². The largest absolute Gasteiger partial charge is 0.309 e. The minimum absolute atomic E-state index is 0.483. The summed E-state index contributed by atoms with van der Waals surface area (Å²) in [6, 6.07) is 57.7. The van der Waals surface area contributed by atoms with Crippen LogP contribution >= 0.6 is 0 Å². The number of rotatable bonds is 4. The second kappa shape index (κ2) is 11.4. The molecule has 0 atom stereocenters. The molecular weight excluding hydrogens is 611 g/mol. The maximum Gasteiger partial charge on any atom is 0.101 e. The van der Waals surface area contributed by atoms with Gasteiger partial charge in [-0.3, -0.25) is 0 Å². The molecule has 2 aromatic heterocycles. The average Bonchev–Trinajstić information content (AvgIpc) is 3.70. The third-order valence-electron chi connectivity index (χ3n) is 9.63. The molecule has 0 spiro atoms. The van der Waals surface area contributed by atoms with Gasteiger partial charge in [0.05, 0.1) is 56.6 Å². The Labute approximate surface area is 287 Å². The smallest absolute Gasteiger partial charge is 0.101 e. The standard InChI is InChI=1S/C45H25N5/c46-26-29-19-22-44-40(23-29)37-14-3-6-18-43(37)50(44)45-33(28-48)10-8-15-38(45)39-25-31(20-21-32(39)27-47)30-9-7-11-34(24-30)49-41-16-4-1-12-35(41)36-13-2-5-17-42(36)49/h1-25H. The van der Waals surface area contributed by atoms with Crippen molar-refractivity contribution in [1.29, 1.82) is 15.8 Å². The fourth-order valence-electron chi connectivity index (χ4n) is 7.44. The van der Waals surface area contributed by atoms with E-state index in [-0.39, 0.29) is 0 Å². The Morgan fingerprint density at radius 1 is 0.380 bits per heavy atom. The van der Waals surface area contributed by atoms with Crippen LogP contribution in [0, 0.1) is 34.0 Å². The Morgan fingerprint density at radius 2 is 0.980 bits per heavy atom. The number of benzene rings is 7. The molecule has 50 heavy (non-hydrogen) atoms. The molecule has 0 saturated carbocycles. The topological polar surface area (TPSA) is 81.2 Å². The first-order valence-corrected chi connectivity index (χ1v) is 16.3. The number of hydrogen-bond donors (Lipinski definition) is 0. The van der Waals surface area contributed by atoms with Gasteiger partial charge in [-0.1, -0.05) is 84.9 Å². The van der Waals surface area contributed by atoms with Gasteiger partial charge in [-0.2, -0.15) is 15.8 Å². The van der Waals surface area contributed by atoms with E-state index in [2.05, 4.69) is 106 Å². The molecular formula is C45H25N5. The summed E-state index contributed by atoms with van der Waals surface area (Å²) in [5.41, 5.74) is 10.8. The fourth-order valence-corrected chi connectivity index (χ4v) is 7.44. The molecule has 0 aliphatic heterocycles. The van der Waals surface area contributed by atoms with Gasteiger partial charge in [0.25, 0.3) is 0 Å². The third kappa shape index (κ3) is 4.31. The van der Waals surface area contributed by atoms with Crippen molar-refractivity contribution in [2.24, 2.45) is 0 Å². The van der Waals surface area contributed by atoms with Crippen LogP contribution in [0.2, 0.25) is 0 Å². The summed E-state index contributed by atoms with van der Waals surface area (Å²) in [5.74, 6) is 0. The van der Waals surface area contributed by atoms with Gasteiger partial charge in [-0.05, 0) is 77.9 Å². The first-order chi connectivity index (χ1) is 24.7. The highest BCUT2D eigenvalue weighted by Crippen LogP contribution is 2.40. The second-order valence-electron chi connectivity index (χ2n) is 12.3. The van der Waals surface area contributed by atoms with E-state index in [0.29, 0.717) is 22.4 Å². The fraction of sp³-hybridized carbons (Fsp3) is 0. The van der Waals surface area contributed by atoms with Gasteiger partial charge in [0, 0.05) is 38.4 Å². The lowest BCUT2D eigenvalue weighted by atomic mass is 9.92. The second-order valence-corrected chi connectivity index (χ2v) is 12.3. The van der Waals surface area contributed by atoms with Gasteiger partial charge in [0.15, 0.2) is 0 Å². The molecule has 0 fully saturated rings. The lowest BCUT2D eigenvalue weighted by molar-refractivity contribution is 1.17. The molecule has 9 rings (SSSR count). The SMILES string of the molecule is N#Cc1ccc2c(c1)c1ccccc1n2-c1c(C#N)cccc1-c1cc(-c2cccc(-n3c4ccccc4c4ccccc43)c2)ccc1C#N. The van der Waals surface area contributed by atoms with E-state index in [1.165, 1.54) is 10.8 Å². The van der Waals surface area contributed by atoms with Crippen LogP contribution in [0.15, 0.2) is 152 Å². The molecule has 2 heterocycles. The van der Waals surface area contributed by atoms with Crippen LogP contribution in [-0.2, 0) is 0 Å². The number of fused-ring (bicyclic) bond motifs is 6. The lowest BCUT2D eigenvalue weighted by Gasteiger charge is -2.17. The number of nitriles is 3. The summed E-state index contributed by atoms with van der Waals surface area (Å²) in [6.45, 7) is 0. The van der Waals surface area contributed by atoms with Crippen LogP contribution in [0.25, 0.3) is 77.2 Å². The van der Waals surface area contributed by atoms with Crippen LogP contribution in [0.1, 0.15) is 16.7 Å². The number of hydrogen-bond acceptors (Lipinski definition) is 3. The van der Waals surface area contributed by atoms with E-state index in [1.54, 1.807) is 6.07 Å². The number of aromatic nitrogens is 2. The molecule has 7 aromatic carbocycles. The normalized spacial score (nSPS) is 11.1. The first-order valence-electron chi connectivity index (χ1n) is 16.3. The molecule has 5 heteroatoms. The van der Waals surface area contributed by atoms with Crippen LogP contribution in [-0.4, -0.2) is 9.13 Å². The van der Waals surface area contributed by atoms with Crippen molar-refractivity contribution in [2.75, 3.05) is 0 Å². The first kappa shape index (κ1) is 28.8. The van der Waals surface area contributed by atoms with Gasteiger partial charge >= 0.3 is 0 Å². The summed E-state index contributed by atoms with van der Waals surface area (Å²) >= 11 is 0. The molecule has 0 aliphatic carbocycles. The minimum Gasteiger partial charge on any atom is -0.309 e. The molecule has 5 nitrogen and oxygen atoms in total. The van der Waals surface area contributed by atoms with Crippen molar-refractivity contribution in [3.8, 4) is 51.8 Å². The van der Waals surface area contributed by atoms with E-state index in [4.69, 9.17) is 0 Å². The molecule has 0 bridgehead atoms. The zero-order valence-corrected chi connectivity index (χ0v) is 26.7. The summed E-state index contributed by atoms with van der Waals surface area (Å²) < 4.78 is 4.39. The highest BCUT2D eigenvalue weighted by molar-refractivity contribution is 6.11. The zero-order chi connectivity index (χ0) is 33.8. The Morgan fingerprint density at radius 3 is 1.66 bits per heavy atom. The Bertz CT molecular complexity index is 2920. The van der Waals surface area contributed by atoms with Crippen molar-refractivity contribution < 1.29 is 0 Å². The molecule has 0 unspecified atom stereocenters. The third-order valence-corrected chi connectivity index (χ3v) is 9.63. The Hall–Kier alpha value is -7.39. The van der Waals surface area contributed by atoms with Crippen molar-refractivity contribution >= 4 is 43.6 Å². The van der Waals surface area contributed by atoms with E-state index < -0.39 is 0 Å². The summed E-state index contributed by atoms with van der Waals surface area (Å²) in [4.78, 5) is 0. The van der Waals surface area contributed by atoms with E-state index in [0.717, 1.165) is 60.8 Å². The van der Waals surface area contributed by atoms with E-state index in [1.807, 2.05) is 66.7 Å². The monoisotopic (exact) mass is 635 g/mol. The van der Waals surface area contributed by atoms with Crippen molar-refractivity contribution in [3.05, 3.63) is 168 Å². The Kier molecular flexibility index (Phi) is 6.56. The highest BCUT2D eigenvalue weighted by atomic mass is 15.0. The predicted octanol–water partition coefficient (Wildman–Crippen LogP) is 10.8. The summed E-state index contributed by atoms with van der Waals surface area (Å²) in [5, 5.41) is 34.9. The van der Waals surface area contributed by atoms with Gasteiger partial charge in [-0.25, -0.2) is 0 Å². The molecule has 9 aromatic rings. The van der Waals surface area contributed by atoms with Crippen molar-refractivity contribution in [1.82, 2.24) is 9.13 Å². The van der Waals surface area contributed by atoms with Crippen LogP contribution in [0.5, 0.6) is 0 Å². The molecule has 0 saturated heterocycles. The number of para-hydroxylation sites is 4. The van der Waals surface area contributed by atoms with Gasteiger partial charge in [0.1, 0.15) is 6.07 Å². The summed E-state index contributed by atoms with van der Waals surface area (Å²) in [6.07, 6.45) is 0. The molecule has 0 aliphatic rings. The van der Waals surface area contributed by atoms with E-state index >= 15 is 0 Å². The Balaban J connectivity index is 1.27. The predicted molar refractivity (Wildman–Crippen MR) is 200 cm³/mol. The molecule has 0 amide bonds. The van der Waals surface area contributed by atoms with Crippen molar-refractivity contribution in [2.45, 2.75) is 0 Å². The lowest BCUT2D eigenvalue weighted by Crippen LogP contribution is -2.02. The maximum absolute atomic E-state index is 10.5. The van der Waals surface area contributed by atoms with Crippen LogP contribution in [0.3, 0.4) is 0 Å². The van der Waals surface area contributed by atoms with Crippen LogP contribution < -0.4 is 0 Å².